The summed E-state index contributed by atoms with van der Waals surface area (Å²) < 4.78 is 5.53. The van der Waals surface area contributed by atoms with Gasteiger partial charge in [0.2, 0.25) is 5.91 Å². The average Bonchev–Trinajstić information content (AvgIpc) is 2.86. The molecule has 3 rings (SSSR count). The topological polar surface area (TPSA) is 71.3 Å². The predicted octanol–water partition coefficient (Wildman–Crippen LogP) is 3.51. The van der Waals surface area contributed by atoms with Gasteiger partial charge in [0.25, 0.3) is 5.91 Å². The lowest BCUT2D eigenvalue weighted by Gasteiger charge is -2.13. The largest absolute Gasteiger partial charge is 0.464 e. The van der Waals surface area contributed by atoms with Crippen LogP contribution in [0.15, 0.2) is 39.6 Å². The van der Waals surface area contributed by atoms with Gasteiger partial charge in [-0.1, -0.05) is 0 Å². The highest BCUT2D eigenvalue weighted by atomic mass is 32.2. The minimum Gasteiger partial charge on any atom is -0.464 e. The second kappa shape index (κ2) is 6.50. The first kappa shape index (κ1) is 15.7. The molecule has 1 aliphatic rings. The van der Waals surface area contributed by atoms with Gasteiger partial charge in [-0.3, -0.25) is 9.59 Å². The number of hydrogen-bond acceptors (Lipinski definition) is 4. The van der Waals surface area contributed by atoms with Crippen LogP contribution >= 0.6 is 11.8 Å². The third-order valence-corrected chi connectivity index (χ3v) is 4.71. The molecule has 1 unspecified atom stereocenters. The predicted molar refractivity (Wildman–Crippen MR) is 89.7 cm³/mol. The zero-order chi connectivity index (χ0) is 16.4. The summed E-state index contributed by atoms with van der Waals surface area (Å²) in [5.74, 6) is 2.06. The van der Waals surface area contributed by atoms with E-state index in [9.17, 15) is 9.59 Å². The van der Waals surface area contributed by atoms with Gasteiger partial charge in [-0.2, -0.15) is 0 Å². The number of nitrogens with one attached hydrogen (secondary N) is 2. The molecular formula is C17H18N2O3S. The molecule has 0 aliphatic carbocycles. The Bertz CT molecular complexity index is 754. The van der Waals surface area contributed by atoms with E-state index in [1.807, 2.05) is 32.0 Å². The zero-order valence-corrected chi connectivity index (χ0v) is 13.8. The van der Waals surface area contributed by atoms with Crippen LogP contribution in [0, 0.1) is 6.92 Å². The molecule has 120 valence electrons. The Morgan fingerprint density at radius 2 is 2.17 bits per heavy atom. The lowest BCUT2D eigenvalue weighted by atomic mass is 10.1. The fraction of sp³-hybridized carbons (Fsp3) is 0.294. The van der Waals surface area contributed by atoms with Gasteiger partial charge in [0.05, 0.1) is 11.7 Å². The smallest absolute Gasteiger partial charge is 0.251 e. The van der Waals surface area contributed by atoms with E-state index in [2.05, 4.69) is 10.6 Å². The summed E-state index contributed by atoms with van der Waals surface area (Å²) in [5.41, 5.74) is 1.22. The number of carbonyl (C=O) groups excluding carboxylic acids is 2. The summed E-state index contributed by atoms with van der Waals surface area (Å²) in [6.07, 6.45) is 0.482. The maximum absolute atomic E-state index is 12.4. The zero-order valence-electron chi connectivity index (χ0n) is 13.0. The molecule has 2 aromatic rings. The van der Waals surface area contributed by atoms with E-state index in [-0.39, 0.29) is 17.9 Å². The first-order valence-corrected chi connectivity index (χ1v) is 8.45. The van der Waals surface area contributed by atoms with Crippen LogP contribution in [0.5, 0.6) is 0 Å². The standard InChI is InChI=1S/C17H18N2O3S/c1-10-3-5-14(22-10)11(2)18-17(21)12-4-6-15-13(9-12)19-16(20)7-8-23-15/h3-6,9,11H,7-8H2,1-2H3,(H,18,21)(H,19,20). The molecule has 0 bridgehead atoms. The lowest BCUT2D eigenvalue weighted by Crippen LogP contribution is -2.26. The van der Waals surface area contributed by atoms with Gasteiger partial charge in [-0.15, -0.1) is 11.8 Å². The molecule has 1 atom stereocenters. The molecule has 0 saturated heterocycles. The Morgan fingerprint density at radius 1 is 1.35 bits per heavy atom. The van der Waals surface area contributed by atoms with Gasteiger partial charge >= 0.3 is 0 Å². The van der Waals surface area contributed by atoms with E-state index in [1.165, 1.54) is 0 Å². The minimum absolute atomic E-state index is 0.0202. The summed E-state index contributed by atoms with van der Waals surface area (Å²) >= 11 is 1.62. The highest BCUT2D eigenvalue weighted by Crippen LogP contribution is 2.31. The number of anilines is 1. The Hall–Kier alpha value is -2.21. The SMILES string of the molecule is Cc1ccc(C(C)NC(=O)c2ccc3c(c2)NC(=O)CCS3)o1. The number of carbonyl (C=O) groups is 2. The maximum Gasteiger partial charge on any atom is 0.251 e. The van der Waals surface area contributed by atoms with Crippen LogP contribution in [0.3, 0.4) is 0 Å². The van der Waals surface area contributed by atoms with Crippen molar-refractivity contribution in [2.45, 2.75) is 31.2 Å². The molecule has 1 aliphatic heterocycles. The van der Waals surface area contributed by atoms with Gasteiger partial charge in [0.1, 0.15) is 11.5 Å². The van der Waals surface area contributed by atoms with Crippen molar-refractivity contribution in [2.24, 2.45) is 0 Å². The third kappa shape index (κ3) is 3.59. The molecule has 2 amide bonds. The molecule has 0 radical (unpaired) electrons. The van der Waals surface area contributed by atoms with Gasteiger partial charge in [-0.05, 0) is 44.2 Å². The van der Waals surface area contributed by atoms with E-state index in [1.54, 1.807) is 23.9 Å². The summed E-state index contributed by atoms with van der Waals surface area (Å²) in [7, 11) is 0. The number of hydrogen-bond donors (Lipinski definition) is 2. The Kier molecular flexibility index (Phi) is 4.43. The van der Waals surface area contributed by atoms with Crippen LogP contribution in [0.4, 0.5) is 5.69 Å². The van der Waals surface area contributed by atoms with Gasteiger partial charge < -0.3 is 15.1 Å². The highest BCUT2D eigenvalue weighted by Gasteiger charge is 2.18. The van der Waals surface area contributed by atoms with Gasteiger partial charge in [0.15, 0.2) is 0 Å². The van der Waals surface area contributed by atoms with Gasteiger partial charge in [-0.25, -0.2) is 0 Å². The normalized spacial score (nSPS) is 15.3. The average molecular weight is 330 g/mol. The van der Waals surface area contributed by atoms with E-state index >= 15 is 0 Å². The summed E-state index contributed by atoms with van der Waals surface area (Å²) in [5, 5.41) is 5.75. The Labute approximate surface area is 138 Å². The monoisotopic (exact) mass is 330 g/mol. The maximum atomic E-state index is 12.4. The number of benzene rings is 1. The van der Waals surface area contributed by atoms with Crippen LogP contribution < -0.4 is 10.6 Å². The molecule has 2 heterocycles. The van der Waals surface area contributed by atoms with E-state index in [4.69, 9.17) is 4.42 Å². The minimum atomic E-state index is -0.223. The van der Waals surface area contributed by atoms with Crippen molar-refractivity contribution in [2.75, 3.05) is 11.1 Å². The number of aryl methyl sites for hydroxylation is 1. The number of amides is 2. The van der Waals surface area contributed by atoms with E-state index in [0.29, 0.717) is 17.7 Å². The number of fused-ring (bicyclic) bond motifs is 1. The van der Waals surface area contributed by atoms with E-state index in [0.717, 1.165) is 22.2 Å². The molecule has 1 aromatic carbocycles. The van der Waals surface area contributed by atoms with Gasteiger partial charge in [0, 0.05) is 22.6 Å². The molecule has 0 fully saturated rings. The number of thioether (sulfide) groups is 1. The van der Waals surface area contributed by atoms with E-state index < -0.39 is 0 Å². The second-order valence-corrected chi connectivity index (χ2v) is 6.64. The number of furan rings is 1. The molecule has 6 heteroatoms. The van der Waals surface area contributed by atoms with Crippen molar-refractivity contribution < 1.29 is 14.0 Å². The summed E-state index contributed by atoms with van der Waals surface area (Å²) in [4.78, 5) is 25.1. The molecule has 0 spiro atoms. The fourth-order valence-corrected chi connectivity index (χ4v) is 3.34. The van der Waals surface area contributed by atoms with Crippen LogP contribution in [0.1, 0.15) is 41.3 Å². The van der Waals surface area contributed by atoms with Crippen molar-refractivity contribution >= 4 is 29.3 Å². The van der Waals surface area contributed by atoms with Crippen molar-refractivity contribution in [3.63, 3.8) is 0 Å². The van der Waals surface area contributed by atoms with Crippen molar-refractivity contribution in [3.05, 3.63) is 47.4 Å². The van der Waals surface area contributed by atoms with Crippen LogP contribution in [0.2, 0.25) is 0 Å². The van der Waals surface area contributed by atoms with Crippen molar-refractivity contribution in [1.82, 2.24) is 5.32 Å². The molecule has 5 nitrogen and oxygen atoms in total. The Balaban J connectivity index is 1.76. The first-order valence-electron chi connectivity index (χ1n) is 7.47. The molecule has 23 heavy (non-hydrogen) atoms. The number of rotatable bonds is 3. The third-order valence-electron chi connectivity index (χ3n) is 3.64. The highest BCUT2D eigenvalue weighted by molar-refractivity contribution is 7.99. The fourth-order valence-electron chi connectivity index (χ4n) is 2.40. The van der Waals surface area contributed by atoms with Crippen LogP contribution in [-0.4, -0.2) is 17.6 Å². The van der Waals surface area contributed by atoms with Crippen LogP contribution in [-0.2, 0) is 4.79 Å². The lowest BCUT2D eigenvalue weighted by molar-refractivity contribution is -0.115. The summed E-state index contributed by atoms with van der Waals surface area (Å²) in [6.45, 7) is 3.74. The quantitative estimate of drug-likeness (QED) is 0.903. The molecule has 0 saturated carbocycles. The van der Waals surface area contributed by atoms with Crippen LogP contribution in [0.25, 0.3) is 0 Å². The molecular weight excluding hydrogens is 312 g/mol. The molecule has 2 N–H and O–H groups in total. The van der Waals surface area contributed by atoms with Crippen molar-refractivity contribution in [1.29, 1.82) is 0 Å². The first-order chi connectivity index (χ1) is 11.0. The summed E-state index contributed by atoms with van der Waals surface area (Å²) in [6, 6.07) is 8.88. The molecule has 1 aromatic heterocycles. The second-order valence-electron chi connectivity index (χ2n) is 5.50. The van der Waals surface area contributed by atoms with Crippen molar-refractivity contribution in [3.8, 4) is 0 Å². The Morgan fingerprint density at radius 3 is 2.91 bits per heavy atom.